The van der Waals surface area contributed by atoms with Gasteiger partial charge in [0.25, 0.3) is 0 Å². The fourth-order valence-corrected chi connectivity index (χ4v) is 3.39. The Morgan fingerprint density at radius 3 is 2.00 bits per heavy atom. The zero-order valence-electron chi connectivity index (χ0n) is 15.9. The van der Waals surface area contributed by atoms with Gasteiger partial charge in [-0.1, -0.05) is 0 Å². The summed E-state index contributed by atoms with van der Waals surface area (Å²) in [6.07, 6.45) is 0. The summed E-state index contributed by atoms with van der Waals surface area (Å²) in [6.45, 7) is 2.02. The van der Waals surface area contributed by atoms with E-state index in [0.717, 1.165) is 0 Å². The van der Waals surface area contributed by atoms with Crippen LogP contribution in [0.15, 0.2) is 54.6 Å². The predicted molar refractivity (Wildman–Crippen MR) is 109 cm³/mol. The fourth-order valence-electron chi connectivity index (χ4n) is 3.39. The van der Waals surface area contributed by atoms with Gasteiger partial charge in [0.1, 0.15) is 11.5 Å². The summed E-state index contributed by atoms with van der Waals surface area (Å²) in [6, 6.07) is 13.6. The van der Waals surface area contributed by atoms with Crippen molar-refractivity contribution < 1.29 is 29.3 Å². The lowest BCUT2D eigenvalue weighted by molar-refractivity contribution is 0.0526. The number of rotatable bonds is 4. The average Bonchev–Trinajstić information content (AvgIpc) is 2.74. The van der Waals surface area contributed by atoms with Gasteiger partial charge in [0.2, 0.25) is 0 Å². The fraction of sp³-hybridized carbons (Fsp3) is 0.0870. The van der Waals surface area contributed by atoms with Gasteiger partial charge in [0, 0.05) is 22.5 Å². The normalized spacial score (nSPS) is 12.2. The van der Waals surface area contributed by atoms with Crippen LogP contribution in [0.25, 0.3) is 0 Å². The summed E-state index contributed by atoms with van der Waals surface area (Å²) in [5.41, 5.74) is 1.50. The monoisotopic (exact) mass is 403 g/mol. The van der Waals surface area contributed by atoms with Gasteiger partial charge in [-0.3, -0.25) is 9.59 Å². The Balaban J connectivity index is 1.65. The van der Waals surface area contributed by atoms with E-state index in [1.54, 1.807) is 37.3 Å². The van der Waals surface area contributed by atoms with Crippen LogP contribution in [0.1, 0.15) is 49.1 Å². The molecule has 0 aromatic heterocycles. The minimum Gasteiger partial charge on any atom is -0.507 e. The predicted octanol–water partition coefficient (Wildman–Crippen LogP) is 3.79. The Bertz CT molecular complexity index is 1200. The van der Waals surface area contributed by atoms with Gasteiger partial charge < -0.3 is 20.3 Å². The number of carbonyl (C=O) groups is 3. The number of phenols is 2. The zero-order chi connectivity index (χ0) is 21.4. The number of ether oxygens (including phenoxy) is 1. The number of hydrogen-bond acceptors (Lipinski definition) is 7. The first kappa shape index (κ1) is 19.2. The van der Waals surface area contributed by atoms with Crippen LogP contribution in [0.5, 0.6) is 11.5 Å². The summed E-state index contributed by atoms with van der Waals surface area (Å²) < 4.78 is 4.95. The average molecular weight is 403 g/mol. The first-order chi connectivity index (χ1) is 14.4. The number of aromatic hydroxyl groups is 2. The summed E-state index contributed by atoms with van der Waals surface area (Å²) in [5, 5.41) is 23.2. The maximum Gasteiger partial charge on any atom is 0.338 e. The molecule has 0 unspecified atom stereocenters. The number of esters is 1. The van der Waals surface area contributed by atoms with Crippen molar-refractivity contribution in [2.75, 3.05) is 11.9 Å². The molecule has 0 heterocycles. The number of hydrogen-bond donors (Lipinski definition) is 3. The van der Waals surface area contributed by atoms with Crippen molar-refractivity contribution >= 4 is 28.9 Å². The second-order valence-corrected chi connectivity index (χ2v) is 6.70. The molecular formula is C23H17NO6. The van der Waals surface area contributed by atoms with Gasteiger partial charge in [0.05, 0.1) is 23.3 Å². The molecule has 0 saturated heterocycles. The first-order valence-electron chi connectivity index (χ1n) is 9.23. The zero-order valence-corrected chi connectivity index (χ0v) is 15.9. The molecule has 0 spiro atoms. The van der Waals surface area contributed by atoms with Crippen molar-refractivity contribution in [1.29, 1.82) is 0 Å². The molecule has 3 N–H and O–H groups in total. The lowest BCUT2D eigenvalue weighted by atomic mass is 9.83. The van der Waals surface area contributed by atoms with Gasteiger partial charge in [-0.05, 0) is 61.5 Å². The molecule has 1 aliphatic carbocycles. The summed E-state index contributed by atoms with van der Waals surface area (Å²) in [4.78, 5) is 37.4. The second-order valence-electron chi connectivity index (χ2n) is 6.70. The quantitative estimate of drug-likeness (QED) is 0.351. The smallest absolute Gasteiger partial charge is 0.338 e. The molecule has 3 aromatic rings. The van der Waals surface area contributed by atoms with Gasteiger partial charge in [-0.25, -0.2) is 4.79 Å². The van der Waals surface area contributed by atoms with Crippen molar-refractivity contribution in [2.45, 2.75) is 6.92 Å². The van der Waals surface area contributed by atoms with Crippen molar-refractivity contribution in [3.05, 3.63) is 82.4 Å². The second kappa shape index (κ2) is 7.36. The molecule has 0 bridgehead atoms. The highest BCUT2D eigenvalue weighted by Gasteiger charge is 2.34. The maximum absolute atomic E-state index is 12.9. The van der Waals surface area contributed by atoms with E-state index in [0.29, 0.717) is 16.9 Å². The molecule has 0 fully saturated rings. The summed E-state index contributed by atoms with van der Waals surface area (Å²) >= 11 is 0. The topological polar surface area (TPSA) is 113 Å². The van der Waals surface area contributed by atoms with Crippen LogP contribution in [0.4, 0.5) is 11.4 Å². The number of nitrogens with one attached hydrogen (secondary N) is 1. The van der Waals surface area contributed by atoms with Crippen molar-refractivity contribution in [1.82, 2.24) is 0 Å². The van der Waals surface area contributed by atoms with Gasteiger partial charge in [-0.15, -0.1) is 0 Å². The van der Waals surface area contributed by atoms with Crippen LogP contribution in [-0.2, 0) is 4.74 Å². The van der Waals surface area contributed by atoms with E-state index in [4.69, 9.17) is 4.74 Å². The number of anilines is 2. The molecular weight excluding hydrogens is 386 g/mol. The molecule has 0 amide bonds. The molecule has 7 nitrogen and oxygen atoms in total. The molecule has 0 aliphatic heterocycles. The van der Waals surface area contributed by atoms with E-state index in [2.05, 4.69) is 5.32 Å². The van der Waals surface area contributed by atoms with E-state index in [1.807, 2.05) is 0 Å². The summed E-state index contributed by atoms with van der Waals surface area (Å²) in [5.74, 6) is -2.20. The largest absolute Gasteiger partial charge is 0.507 e. The standard InChI is InChI=1S/C23H17NO6/c1-2-30-23(29)12-3-5-13(6-4-12)24-14-7-8-15-16(11-14)22(28)20-18(26)10-9-17(25)19(20)21(15)27/h3-11,24-26H,2H2,1H3. The SMILES string of the molecule is CCOC(=O)c1ccc(Nc2ccc3c(c2)C(=O)c2c(O)ccc(O)c2C3=O)cc1. The lowest BCUT2D eigenvalue weighted by Gasteiger charge is -2.20. The van der Waals surface area contributed by atoms with Crippen molar-refractivity contribution in [3.63, 3.8) is 0 Å². The van der Waals surface area contributed by atoms with Crippen LogP contribution in [-0.4, -0.2) is 34.4 Å². The third-order valence-corrected chi connectivity index (χ3v) is 4.81. The Labute approximate surface area is 171 Å². The van der Waals surface area contributed by atoms with Crippen LogP contribution < -0.4 is 5.32 Å². The number of fused-ring (bicyclic) bond motifs is 2. The molecule has 1 aliphatic rings. The molecule has 150 valence electrons. The Morgan fingerprint density at radius 1 is 0.833 bits per heavy atom. The molecule has 30 heavy (non-hydrogen) atoms. The highest BCUT2D eigenvalue weighted by molar-refractivity contribution is 6.30. The van der Waals surface area contributed by atoms with E-state index >= 15 is 0 Å². The Morgan fingerprint density at radius 2 is 1.40 bits per heavy atom. The first-order valence-corrected chi connectivity index (χ1v) is 9.23. The number of benzene rings is 3. The van der Waals surface area contributed by atoms with E-state index < -0.39 is 17.5 Å². The molecule has 0 radical (unpaired) electrons. The molecule has 4 rings (SSSR count). The van der Waals surface area contributed by atoms with Gasteiger partial charge >= 0.3 is 5.97 Å². The van der Waals surface area contributed by atoms with Gasteiger partial charge in [-0.2, -0.15) is 0 Å². The van der Waals surface area contributed by atoms with Crippen molar-refractivity contribution in [3.8, 4) is 11.5 Å². The molecule has 0 saturated carbocycles. The van der Waals surface area contributed by atoms with Crippen LogP contribution >= 0.6 is 0 Å². The number of carbonyl (C=O) groups excluding carboxylic acids is 3. The Hall–Kier alpha value is -4.13. The Kier molecular flexibility index (Phi) is 4.71. The molecule has 3 aromatic carbocycles. The highest BCUT2D eigenvalue weighted by Crippen LogP contribution is 2.38. The van der Waals surface area contributed by atoms with Crippen LogP contribution in [0.3, 0.4) is 0 Å². The summed E-state index contributed by atoms with van der Waals surface area (Å²) in [7, 11) is 0. The minimum absolute atomic E-state index is 0.126. The van der Waals surface area contributed by atoms with E-state index in [9.17, 15) is 24.6 Å². The van der Waals surface area contributed by atoms with Gasteiger partial charge in [0.15, 0.2) is 11.6 Å². The minimum atomic E-state index is -0.547. The third-order valence-electron chi connectivity index (χ3n) is 4.81. The number of phenolic OH excluding ortho intramolecular Hbond substituents is 2. The van der Waals surface area contributed by atoms with Crippen molar-refractivity contribution in [2.24, 2.45) is 0 Å². The highest BCUT2D eigenvalue weighted by atomic mass is 16.5. The lowest BCUT2D eigenvalue weighted by Crippen LogP contribution is -2.21. The molecule has 7 heteroatoms. The third kappa shape index (κ3) is 3.16. The number of ketones is 2. The molecule has 0 atom stereocenters. The van der Waals surface area contributed by atoms with E-state index in [-0.39, 0.29) is 40.4 Å². The maximum atomic E-state index is 12.9. The van der Waals surface area contributed by atoms with Crippen LogP contribution in [0, 0.1) is 0 Å². The van der Waals surface area contributed by atoms with E-state index in [1.165, 1.54) is 24.3 Å². The van der Waals surface area contributed by atoms with Crippen LogP contribution in [0.2, 0.25) is 0 Å².